The maximum atomic E-state index is 12.8. The number of carbonyl (C=O) groups excluding carboxylic acids is 2. The Bertz CT molecular complexity index is 945. The summed E-state index contributed by atoms with van der Waals surface area (Å²) < 4.78 is 1.70. The molecule has 132 valence electrons. The molecular formula is C19H19N5O2. The number of nitrogens with zero attached hydrogens (tertiary/aromatic N) is 4. The maximum Gasteiger partial charge on any atom is 0.290 e. The molecule has 4 heterocycles. The minimum Gasteiger partial charge on any atom is -0.347 e. The number of nitrogens with one attached hydrogen (secondary N) is 1. The molecule has 1 N–H and O–H groups in total. The zero-order chi connectivity index (χ0) is 17.9. The van der Waals surface area contributed by atoms with E-state index in [1.54, 1.807) is 34.0 Å². The van der Waals surface area contributed by atoms with Crippen LogP contribution in [-0.4, -0.2) is 44.2 Å². The minimum atomic E-state index is -0.300. The van der Waals surface area contributed by atoms with Gasteiger partial charge in [-0.2, -0.15) is 0 Å². The molecule has 0 unspecified atom stereocenters. The Hall–Kier alpha value is -3.22. The molecule has 26 heavy (non-hydrogen) atoms. The van der Waals surface area contributed by atoms with Crippen molar-refractivity contribution < 1.29 is 9.59 Å². The van der Waals surface area contributed by atoms with Crippen LogP contribution in [0.1, 0.15) is 39.5 Å². The van der Waals surface area contributed by atoms with Crippen molar-refractivity contribution in [1.29, 1.82) is 0 Å². The monoisotopic (exact) mass is 349 g/mol. The van der Waals surface area contributed by atoms with Gasteiger partial charge < -0.3 is 10.2 Å². The highest BCUT2D eigenvalue weighted by Crippen LogP contribution is 2.17. The second-order valence-electron chi connectivity index (χ2n) is 6.28. The summed E-state index contributed by atoms with van der Waals surface area (Å²) in [5, 5.41) is 2.86. The number of aromatic nitrogens is 3. The summed E-state index contributed by atoms with van der Waals surface area (Å²) in [7, 11) is 0. The molecule has 4 rings (SSSR count). The Kier molecular flexibility index (Phi) is 4.35. The number of amides is 2. The number of carbonyl (C=O) groups is 2. The average Bonchev–Trinajstić information content (AvgIpc) is 3.35. The molecule has 7 heteroatoms. The highest BCUT2D eigenvalue weighted by molar-refractivity contribution is 6.02. The van der Waals surface area contributed by atoms with Crippen molar-refractivity contribution in [2.75, 3.05) is 13.1 Å². The van der Waals surface area contributed by atoms with Crippen LogP contribution in [0.15, 0.2) is 48.9 Å². The first-order valence-corrected chi connectivity index (χ1v) is 8.67. The van der Waals surface area contributed by atoms with Gasteiger partial charge in [0.2, 0.25) is 5.82 Å². The summed E-state index contributed by atoms with van der Waals surface area (Å²) in [6.45, 7) is 1.86. The summed E-state index contributed by atoms with van der Waals surface area (Å²) in [5.41, 5.74) is 1.84. The van der Waals surface area contributed by atoms with Crippen LogP contribution >= 0.6 is 0 Å². The predicted octanol–water partition coefficient (Wildman–Crippen LogP) is 1.90. The van der Waals surface area contributed by atoms with E-state index < -0.39 is 0 Å². The van der Waals surface area contributed by atoms with Crippen molar-refractivity contribution in [3.63, 3.8) is 0 Å². The molecular weight excluding hydrogens is 330 g/mol. The van der Waals surface area contributed by atoms with Crippen LogP contribution in [0.5, 0.6) is 0 Å². The van der Waals surface area contributed by atoms with Crippen molar-refractivity contribution in [3.05, 3.63) is 66.0 Å². The molecule has 0 aliphatic carbocycles. The third kappa shape index (κ3) is 3.03. The van der Waals surface area contributed by atoms with Gasteiger partial charge in [0.1, 0.15) is 0 Å². The summed E-state index contributed by atoms with van der Waals surface area (Å²) in [6.07, 6.45) is 7.15. The van der Waals surface area contributed by atoms with E-state index in [1.807, 2.05) is 24.3 Å². The molecule has 7 nitrogen and oxygen atoms in total. The average molecular weight is 349 g/mol. The molecule has 0 radical (unpaired) electrons. The summed E-state index contributed by atoms with van der Waals surface area (Å²) in [4.78, 5) is 35.6. The third-order valence-electron chi connectivity index (χ3n) is 4.55. The van der Waals surface area contributed by atoms with Crippen LogP contribution in [0, 0.1) is 0 Å². The molecule has 3 aromatic heterocycles. The normalized spacial score (nSPS) is 13.9. The lowest BCUT2D eigenvalue weighted by atomic mass is 10.2. The number of hydrogen-bond acceptors (Lipinski definition) is 4. The lowest BCUT2D eigenvalue weighted by Crippen LogP contribution is -2.29. The number of pyridine rings is 2. The van der Waals surface area contributed by atoms with E-state index in [2.05, 4.69) is 15.3 Å². The lowest BCUT2D eigenvalue weighted by Gasteiger charge is -2.13. The first-order valence-electron chi connectivity index (χ1n) is 8.67. The fourth-order valence-corrected chi connectivity index (χ4v) is 3.18. The lowest BCUT2D eigenvalue weighted by molar-refractivity contribution is 0.0780. The summed E-state index contributed by atoms with van der Waals surface area (Å²) >= 11 is 0. The van der Waals surface area contributed by atoms with Gasteiger partial charge >= 0.3 is 0 Å². The molecule has 0 atom stereocenters. The molecule has 0 saturated carbocycles. The number of hydrogen-bond donors (Lipinski definition) is 1. The largest absolute Gasteiger partial charge is 0.347 e. The van der Waals surface area contributed by atoms with E-state index in [1.165, 1.54) is 0 Å². The first kappa shape index (κ1) is 16.3. The molecule has 2 amide bonds. The highest BCUT2D eigenvalue weighted by Gasteiger charge is 2.26. The van der Waals surface area contributed by atoms with Crippen LogP contribution in [0.3, 0.4) is 0 Å². The van der Waals surface area contributed by atoms with Crippen LogP contribution in [0.2, 0.25) is 0 Å². The van der Waals surface area contributed by atoms with Crippen molar-refractivity contribution in [2.24, 2.45) is 0 Å². The molecule has 0 spiro atoms. The van der Waals surface area contributed by atoms with E-state index in [4.69, 9.17) is 0 Å². The highest BCUT2D eigenvalue weighted by atomic mass is 16.2. The SMILES string of the molecule is O=C(NCc1ccncc1)c1nc(C(=O)N2CCCC2)n2ccccc12. The summed E-state index contributed by atoms with van der Waals surface area (Å²) in [6, 6.07) is 9.14. The van der Waals surface area contributed by atoms with Crippen LogP contribution in [0.4, 0.5) is 0 Å². The fourth-order valence-electron chi connectivity index (χ4n) is 3.18. The zero-order valence-electron chi connectivity index (χ0n) is 14.3. The molecule has 1 saturated heterocycles. The van der Waals surface area contributed by atoms with Crippen molar-refractivity contribution >= 4 is 17.3 Å². The number of likely N-dealkylation sites (tertiary alicyclic amines) is 1. The Morgan fingerprint density at radius 3 is 2.62 bits per heavy atom. The minimum absolute atomic E-state index is 0.128. The fraction of sp³-hybridized carbons (Fsp3) is 0.263. The molecule has 1 aliphatic rings. The first-order chi connectivity index (χ1) is 12.7. The number of fused-ring (bicyclic) bond motifs is 1. The Balaban J connectivity index is 1.62. The van der Waals surface area contributed by atoms with Gasteiger partial charge in [0.15, 0.2) is 5.69 Å². The molecule has 0 bridgehead atoms. The molecule has 1 aliphatic heterocycles. The zero-order valence-corrected chi connectivity index (χ0v) is 14.3. The second kappa shape index (κ2) is 6.95. The number of rotatable bonds is 4. The van der Waals surface area contributed by atoms with E-state index in [0.29, 0.717) is 12.1 Å². The smallest absolute Gasteiger partial charge is 0.290 e. The van der Waals surface area contributed by atoms with Crippen LogP contribution in [-0.2, 0) is 6.54 Å². The van der Waals surface area contributed by atoms with Crippen LogP contribution < -0.4 is 5.32 Å². The molecule has 3 aromatic rings. The van der Waals surface area contributed by atoms with Crippen molar-refractivity contribution in [3.8, 4) is 0 Å². The number of imidazole rings is 1. The molecule has 0 aromatic carbocycles. The van der Waals surface area contributed by atoms with Gasteiger partial charge in [0, 0.05) is 38.2 Å². The van der Waals surface area contributed by atoms with E-state index in [0.717, 1.165) is 31.5 Å². The molecule has 1 fully saturated rings. The van der Waals surface area contributed by atoms with Crippen LogP contribution in [0.25, 0.3) is 5.52 Å². The van der Waals surface area contributed by atoms with Gasteiger partial charge in [0.05, 0.1) is 5.52 Å². The Labute approximate surface area is 150 Å². The topological polar surface area (TPSA) is 79.6 Å². The standard InChI is InChI=1S/C19H19N5O2/c25-18(21-13-14-6-8-20-9-7-14)16-15-5-1-2-12-24(15)17(22-16)19(26)23-10-3-4-11-23/h1-2,5-9,12H,3-4,10-11,13H2,(H,21,25). The van der Waals surface area contributed by atoms with Gasteiger partial charge in [-0.15, -0.1) is 0 Å². The van der Waals surface area contributed by atoms with E-state index in [-0.39, 0.29) is 23.3 Å². The Morgan fingerprint density at radius 1 is 1.08 bits per heavy atom. The second-order valence-corrected chi connectivity index (χ2v) is 6.28. The van der Waals surface area contributed by atoms with Gasteiger partial charge in [-0.05, 0) is 42.7 Å². The predicted molar refractivity (Wildman–Crippen MR) is 95.7 cm³/mol. The van der Waals surface area contributed by atoms with Gasteiger partial charge in [-0.3, -0.25) is 19.0 Å². The van der Waals surface area contributed by atoms with Crippen molar-refractivity contribution in [1.82, 2.24) is 24.6 Å². The maximum absolute atomic E-state index is 12.8. The van der Waals surface area contributed by atoms with E-state index >= 15 is 0 Å². The quantitative estimate of drug-likeness (QED) is 0.780. The van der Waals surface area contributed by atoms with Gasteiger partial charge in [0.25, 0.3) is 11.8 Å². The summed E-state index contributed by atoms with van der Waals surface area (Å²) in [5.74, 6) is -0.139. The van der Waals surface area contributed by atoms with Gasteiger partial charge in [-0.1, -0.05) is 6.07 Å². The van der Waals surface area contributed by atoms with Crippen molar-refractivity contribution in [2.45, 2.75) is 19.4 Å². The van der Waals surface area contributed by atoms with Gasteiger partial charge in [-0.25, -0.2) is 4.98 Å². The third-order valence-corrected chi connectivity index (χ3v) is 4.55. The van der Waals surface area contributed by atoms with E-state index in [9.17, 15) is 9.59 Å². The Morgan fingerprint density at radius 2 is 1.85 bits per heavy atom.